The minimum Gasteiger partial charge on any atom is -0.271 e. The highest BCUT2D eigenvalue weighted by molar-refractivity contribution is 5.28. The molecule has 0 spiro atoms. The molecule has 21 heavy (non-hydrogen) atoms. The standard InChI is InChI=1S/C15H20F4N2/c16-13-9-11(6-7-12(13)15(17,18)19)14(21-20)8-10-4-2-1-3-5-10/h6-7,9-10,14,21H,1-5,8,20H2. The molecule has 118 valence electrons. The quantitative estimate of drug-likeness (QED) is 0.494. The van der Waals surface area contributed by atoms with E-state index in [9.17, 15) is 17.6 Å². The number of hydrazine groups is 1. The van der Waals surface area contributed by atoms with E-state index in [1.54, 1.807) is 0 Å². The summed E-state index contributed by atoms with van der Waals surface area (Å²) in [6, 6.07) is 2.72. The molecule has 2 rings (SSSR count). The van der Waals surface area contributed by atoms with Crippen LogP contribution in [0.5, 0.6) is 0 Å². The predicted octanol–water partition coefficient (Wildman–Crippen LogP) is 4.32. The van der Waals surface area contributed by atoms with E-state index in [4.69, 9.17) is 5.84 Å². The van der Waals surface area contributed by atoms with E-state index in [0.717, 1.165) is 31.4 Å². The molecule has 0 bridgehead atoms. The highest BCUT2D eigenvalue weighted by Gasteiger charge is 2.34. The highest BCUT2D eigenvalue weighted by Crippen LogP contribution is 2.35. The van der Waals surface area contributed by atoms with Gasteiger partial charge >= 0.3 is 6.18 Å². The van der Waals surface area contributed by atoms with Crippen molar-refractivity contribution in [2.75, 3.05) is 0 Å². The molecule has 0 aromatic heterocycles. The molecular weight excluding hydrogens is 284 g/mol. The van der Waals surface area contributed by atoms with Gasteiger partial charge in [0.15, 0.2) is 0 Å². The van der Waals surface area contributed by atoms with Crippen LogP contribution in [0.4, 0.5) is 17.6 Å². The molecule has 1 aromatic carbocycles. The molecule has 0 amide bonds. The Morgan fingerprint density at radius 3 is 2.38 bits per heavy atom. The van der Waals surface area contributed by atoms with E-state index in [-0.39, 0.29) is 6.04 Å². The van der Waals surface area contributed by atoms with Crippen LogP contribution >= 0.6 is 0 Å². The van der Waals surface area contributed by atoms with Gasteiger partial charge in [0.1, 0.15) is 5.82 Å². The third kappa shape index (κ3) is 4.17. The Morgan fingerprint density at radius 1 is 1.19 bits per heavy atom. The molecule has 1 aromatic rings. The van der Waals surface area contributed by atoms with Gasteiger partial charge in [-0.15, -0.1) is 0 Å². The SMILES string of the molecule is NNC(CC1CCCCC1)c1ccc(C(F)(F)F)c(F)c1. The third-order valence-corrected chi connectivity index (χ3v) is 4.20. The average molecular weight is 304 g/mol. The van der Waals surface area contributed by atoms with Crippen molar-refractivity contribution in [2.24, 2.45) is 11.8 Å². The molecule has 0 aliphatic heterocycles. The first kappa shape index (κ1) is 16.2. The lowest BCUT2D eigenvalue weighted by Gasteiger charge is -2.26. The zero-order chi connectivity index (χ0) is 15.5. The Bertz CT molecular complexity index is 467. The maximum atomic E-state index is 13.6. The van der Waals surface area contributed by atoms with Gasteiger partial charge in [-0.05, 0) is 30.0 Å². The minimum atomic E-state index is -4.67. The lowest BCUT2D eigenvalue weighted by molar-refractivity contribution is -0.140. The second-order valence-electron chi connectivity index (χ2n) is 5.70. The van der Waals surface area contributed by atoms with Crippen molar-refractivity contribution in [3.63, 3.8) is 0 Å². The smallest absolute Gasteiger partial charge is 0.271 e. The molecule has 1 aliphatic carbocycles. The van der Waals surface area contributed by atoms with Crippen molar-refractivity contribution in [1.82, 2.24) is 5.43 Å². The van der Waals surface area contributed by atoms with Crippen LogP contribution in [-0.2, 0) is 6.18 Å². The number of hydrogen-bond donors (Lipinski definition) is 2. The molecule has 1 fully saturated rings. The van der Waals surface area contributed by atoms with Crippen molar-refractivity contribution in [1.29, 1.82) is 0 Å². The van der Waals surface area contributed by atoms with E-state index >= 15 is 0 Å². The lowest BCUT2D eigenvalue weighted by atomic mass is 9.83. The first-order valence-corrected chi connectivity index (χ1v) is 7.24. The molecule has 1 aliphatic rings. The summed E-state index contributed by atoms with van der Waals surface area (Å²) in [4.78, 5) is 0. The summed E-state index contributed by atoms with van der Waals surface area (Å²) >= 11 is 0. The lowest BCUT2D eigenvalue weighted by Crippen LogP contribution is -2.30. The van der Waals surface area contributed by atoms with E-state index in [1.165, 1.54) is 25.3 Å². The Morgan fingerprint density at radius 2 is 1.86 bits per heavy atom. The Hall–Kier alpha value is -1.14. The summed E-state index contributed by atoms with van der Waals surface area (Å²) in [5.74, 6) is 4.75. The number of benzene rings is 1. The summed E-state index contributed by atoms with van der Waals surface area (Å²) in [5, 5.41) is 0. The molecule has 3 N–H and O–H groups in total. The fourth-order valence-electron chi connectivity index (χ4n) is 3.03. The molecule has 0 radical (unpaired) electrons. The normalized spacial score (nSPS) is 18.7. The number of rotatable bonds is 4. The van der Waals surface area contributed by atoms with Crippen LogP contribution < -0.4 is 11.3 Å². The van der Waals surface area contributed by atoms with Gasteiger partial charge in [-0.3, -0.25) is 11.3 Å². The number of nitrogens with one attached hydrogen (secondary N) is 1. The first-order valence-electron chi connectivity index (χ1n) is 7.24. The molecule has 0 heterocycles. The van der Waals surface area contributed by atoms with Crippen molar-refractivity contribution < 1.29 is 17.6 Å². The van der Waals surface area contributed by atoms with Crippen LogP contribution in [0.2, 0.25) is 0 Å². The van der Waals surface area contributed by atoms with Gasteiger partial charge in [0, 0.05) is 6.04 Å². The van der Waals surface area contributed by atoms with Gasteiger partial charge in [0.05, 0.1) is 5.56 Å². The van der Waals surface area contributed by atoms with E-state index < -0.39 is 17.6 Å². The van der Waals surface area contributed by atoms with Crippen LogP contribution in [0.1, 0.15) is 55.7 Å². The second kappa shape index (κ2) is 6.75. The highest BCUT2D eigenvalue weighted by atomic mass is 19.4. The van der Waals surface area contributed by atoms with Crippen LogP contribution in [0, 0.1) is 11.7 Å². The number of hydrogen-bond acceptors (Lipinski definition) is 2. The first-order chi connectivity index (χ1) is 9.91. The van der Waals surface area contributed by atoms with Crippen LogP contribution in [0.15, 0.2) is 18.2 Å². The fraction of sp³-hybridized carbons (Fsp3) is 0.600. The van der Waals surface area contributed by atoms with Gasteiger partial charge in [0.2, 0.25) is 0 Å². The minimum absolute atomic E-state index is 0.315. The summed E-state index contributed by atoms with van der Waals surface area (Å²) < 4.78 is 51.3. The number of halogens is 4. The van der Waals surface area contributed by atoms with E-state index in [1.807, 2.05) is 0 Å². The number of nitrogens with two attached hydrogens (primary N) is 1. The van der Waals surface area contributed by atoms with Crippen molar-refractivity contribution in [2.45, 2.75) is 50.7 Å². The third-order valence-electron chi connectivity index (χ3n) is 4.20. The summed E-state index contributed by atoms with van der Waals surface area (Å²) in [5.41, 5.74) is 1.83. The second-order valence-corrected chi connectivity index (χ2v) is 5.70. The van der Waals surface area contributed by atoms with Crippen molar-refractivity contribution in [3.05, 3.63) is 35.1 Å². The van der Waals surface area contributed by atoms with Crippen LogP contribution in [0.25, 0.3) is 0 Å². The maximum absolute atomic E-state index is 13.6. The van der Waals surface area contributed by atoms with Gasteiger partial charge in [0.25, 0.3) is 0 Å². The molecule has 2 nitrogen and oxygen atoms in total. The van der Waals surface area contributed by atoms with E-state index in [0.29, 0.717) is 11.5 Å². The van der Waals surface area contributed by atoms with Crippen molar-refractivity contribution >= 4 is 0 Å². The molecule has 1 saturated carbocycles. The Balaban J connectivity index is 2.12. The molecule has 0 saturated heterocycles. The molecule has 6 heteroatoms. The predicted molar refractivity (Wildman–Crippen MR) is 72.7 cm³/mol. The molecule has 1 atom stereocenters. The zero-order valence-electron chi connectivity index (χ0n) is 11.7. The zero-order valence-corrected chi connectivity index (χ0v) is 11.7. The Kier molecular flexibility index (Phi) is 5.22. The van der Waals surface area contributed by atoms with Crippen LogP contribution in [-0.4, -0.2) is 0 Å². The number of alkyl halides is 3. The summed E-state index contributed by atoms with van der Waals surface area (Å²) in [6.07, 6.45) is 1.82. The van der Waals surface area contributed by atoms with E-state index in [2.05, 4.69) is 5.43 Å². The summed E-state index contributed by atoms with van der Waals surface area (Å²) in [6.45, 7) is 0. The fourth-order valence-corrected chi connectivity index (χ4v) is 3.03. The molecular formula is C15H20F4N2. The summed E-state index contributed by atoms with van der Waals surface area (Å²) in [7, 11) is 0. The average Bonchev–Trinajstić information content (AvgIpc) is 2.44. The molecule has 1 unspecified atom stereocenters. The monoisotopic (exact) mass is 304 g/mol. The van der Waals surface area contributed by atoms with Gasteiger partial charge in [-0.1, -0.05) is 38.2 Å². The van der Waals surface area contributed by atoms with Gasteiger partial charge < -0.3 is 0 Å². The maximum Gasteiger partial charge on any atom is 0.419 e. The topological polar surface area (TPSA) is 38.0 Å². The van der Waals surface area contributed by atoms with Crippen molar-refractivity contribution in [3.8, 4) is 0 Å². The largest absolute Gasteiger partial charge is 0.419 e. The van der Waals surface area contributed by atoms with Crippen LogP contribution in [0.3, 0.4) is 0 Å². The van der Waals surface area contributed by atoms with Gasteiger partial charge in [-0.25, -0.2) is 4.39 Å². The van der Waals surface area contributed by atoms with Gasteiger partial charge in [-0.2, -0.15) is 13.2 Å². The Labute approximate surface area is 121 Å².